The highest BCUT2D eigenvalue weighted by molar-refractivity contribution is 5.94. The fourth-order valence-corrected chi connectivity index (χ4v) is 2.40. The van der Waals surface area contributed by atoms with Crippen LogP contribution in [-0.2, 0) is 6.54 Å². The molecule has 1 N–H and O–H groups in total. The molecular weight excluding hydrogens is 314 g/mol. The predicted molar refractivity (Wildman–Crippen MR) is 89.8 cm³/mol. The second-order valence-corrected chi connectivity index (χ2v) is 5.60. The second-order valence-electron chi connectivity index (χ2n) is 5.60. The highest BCUT2D eigenvalue weighted by Gasteiger charge is 2.08. The number of amides is 1. The number of aryl methyl sites for hydroxylation is 1. The fraction of sp³-hybridized carbons (Fsp3) is 0.278. The summed E-state index contributed by atoms with van der Waals surface area (Å²) in [6.07, 6.45) is 0. The summed E-state index contributed by atoms with van der Waals surface area (Å²) >= 11 is 0. The van der Waals surface area contributed by atoms with Crippen LogP contribution in [0.2, 0.25) is 0 Å². The predicted octanol–water partition coefficient (Wildman–Crippen LogP) is 3.59. The van der Waals surface area contributed by atoms with E-state index in [0.717, 1.165) is 16.8 Å². The van der Waals surface area contributed by atoms with Crippen molar-refractivity contribution in [2.75, 3.05) is 19.0 Å². The van der Waals surface area contributed by atoms with Crippen molar-refractivity contribution in [2.45, 2.75) is 20.1 Å². The Kier molecular flexibility index (Phi) is 5.73. The summed E-state index contributed by atoms with van der Waals surface area (Å²) in [6.45, 7) is -0.469. The maximum Gasteiger partial charge on any atom is 0.387 e. The molecule has 6 heteroatoms. The van der Waals surface area contributed by atoms with E-state index in [1.54, 1.807) is 0 Å². The van der Waals surface area contributed by atoms with Gasteiger partial charge in [-0.05, 0) is 48.4 Å². The third-order valence-corrected chi connectivity index (χ3v) is 3.54. The highest BCUT2D eigenvalue weighted by atomic mass is 19.3. The van der Waals surface area contributed by atoms with Gasteiger partial charge in [0.1, 0.15) is 5.75 Å². The first-order valence-electron chi connectivity index (χ1n) is 7.46. The van der Waals surface area contributed by atoms with Crippen molar-refractivity contribution in [1.29, 1.82) is 0 Å². The lowest BCUT2D eigenvalue weighted by atomic mass is 10.1. The molecule has 0 aliphatic rings. The van der Waals surface area contributed by atoms with Gasteiger partial charge in [0.05, 0.1) is 0 Å². The molecule has 0 aromatic heterocycles. The van der Waals surface area contributed by atoms with Crippen LogP contribution in [0.4, 0.5) is 14.5 Å². The van der Waals surface area contributed by atoms with Crippen LogP contribution in [0.25, 0.3) is 0 Å². The normalized spacial score (nSPS) is 10.6. The zero-order valence-electron chi connectivity index (χ0n) is 13.8. The van der Waals surface area contributed by atoms with E-state index >= 15 is 0 Å². The van der Waals surface area contributed by atoms with E-state index < -0.39 is 6.61 Å². The van der Waals surface area contributed by atoms with Crippen LogP contribution in [0.15, 0.2) is 42.5 Å². The Morgan fingerprint density at radius 2 is 1.83 bits per heavy atom. The average molecular weight is 334 g/mol. The van der Waals surface area contributed by atoms with Crippen molar-refractivity contribution in [2.24, 2.45) is 0 Å². The van der Waals surface area contributed by atoms with E-state index in [4.69, 9.17) is 0 Å². The van der Waals surface area contributed by atoms with Crippen LogP contribution < -0.4 is 15.0 Å². The third kappa shape index (κ3) is 4.68. The summed E-state index contributed by atoms with van der Waals surface area (Å²) in [5.74, 6) is -0.246. The summed E-state index contributed by atoms with van der Waals surface area (Å²) in [5, 5.41) is 2.81. The molecule has 0 aliphatic carbocycles. The molecule has 1 amide bonds. The van der Waals surface area contributed by atoms with Crippen molar-refractivity contribution < 1.29 is 18.3 Å². The van der Waals surface area contributed by atoms with E-state index in [-0.39, 0.29) is 11.7 Å². The molecule has 128 valence electrons. The molecule has 24 heavy (non-hydrogen) atoms. The van der Waals surface area contributed by atoms with Gasteiger partial charge < -0.3 is 15.0 Å². The van der Waals surface area contributed by atoms with Crippen LogP contribution >= 0.6 is 0 Å². The lowest BCUT2D eigenvalue weighted by molar-refractivity contribution is -0.0498. The minimum absolute atomic E-state index is 0.0245. The molecule has 0 spiro atoms. The van der Waals surface area contributed by atoms with Gasteiger partial charge in [-0.25, -0.2) is 0 Å². The molecule has 4 nitrogen and oxygen atoms in total. The molecule has 0 atom stereocenters. The maximum atomic E-state index is 12.1. The molecular formula is C18H20F2N2O2. The lowest BCUT2D eigenvalue weighted by Crippen LogP contribution is -2.23. The number of benzene rings is 2. The average Bonchev–Trinajstić information content (AvgIpc) is 2.52. The number of hydrogen-bond donors (Lipinski definition) is 1. The zero-order chi connectivity index (χ0) is 17.7. The van der Waals surface area contributed by atoms with Gasteiger partial charge in [-0.2, -0.15) is 8.78 Å². The Morgan fingerprint density at radius 3 is 2.38 bits per heavy atom. The number of nitrogens with one attached hydrogen (secondary N) is 1. The molecule has 0 radical (unpaired) electrons. The molecule has 2 rings (SSSR count). The van der Waals surface area contributed by atoms with Gasteiger partial charge in [-0.1, -0.05) is 12.1 Å². The minimum Gasteiger partial charge on any atom is -0.435 e. The number of anilines is 1. The van der Waals surface area contributed by atoms with Crippen molar-refractivity contribution in [1.82, 2.24) is 5.32 Å². The summed E-state index contributed by atoms with van der Waals surface area (Å²) in [4.78, 5) is 14.1. The number of ether oxygens (including phenoxy) is 1. The molecule has 0 heterocycles. The van der Waals surface area contributed by atoms with Crippen molar-refractivity contribution in [3.05, 3.63) is 59.2 Å². The quantitative estimate of drug-likeness (QED) is 0.878. The molecule has 2 aromatic rings. The number of hydrogen-bond acceptors (Lipinski definition) is 3. The van der Waals surface area contributed by atoms with Crippen LogP contribution in [0.1, 0.15) is 21.5 Å². The van der Waals surface area contributed by atoms with Crippen LogP contribution in [0.5, 0.6) is 5.75 Å². The zero-order valence-corrected chi connectivity index (χ0v) is 13.8. The van der Waals surface area contributed by atoms with Crippen molar-refractivity contribution in [3.8, 4) is 5.75 Å². The Morgan fingerprint density at radius 1 is 1.17 bits per heavy atom. The summed E-state index contributed by atoms with van der Waals surface area (Å²) in [7, 11) is 3.95. The molecule has 0 fully saturated rings. The van der Waals surface area contributed by atoms with Gasteiger partial charge >= 0.3 is 6.61 Å². The third-order valence-electron chi connectivity index (χ3n) is 3.54. The molecule has 0 bridgehead atoms. The minimum atomic E-state index is -2.88. The highest BCUT2D eigenvalue weighted by Crippen LogP contribution is 2.19. The first-order valence-corrected chi connectivity index (χ1v) is 7.46. The van der Waals surface area contributed by atoms with Crippen LogP contribution in [0.3, 0.4) is 0 Å². The molecule has 0 aliphatic heterocycles. The SMILES string of the molecule is Cc1cc(CNC(=O)c2ccc(OC(F)F)cc2)ccc1N(C)C. The first-order chi connectivity index (χ1) is 11.4. The standard InChI is InChI=1S/C18H20F2N2O2/c1-12-10-13(4-9-16(12)22(2)3)11-21-17(23)14-5-7-15(8-6-14)24-18(19)20/h4-10,18H,11H2,1-3H3,(H,21,23). The Balaban J connectivity index is 1.96. The smallest absolute Gasteiger partial charge is 0.387 e. The summed E-state index contributed by atoms with van der Waals surface area (Å²) < 4.78 is 28.4. The largest absolute Gasteiger partial charge is 0.435 e. The van der Waals surface area contributed by atoms with Gasteiger partial charge in [0, 0.05) is 31.9 Å². The van der Waals surface area contributed by atoms with E-state index in [2.05, 4.69) is 10.1 Å². The number of alkyl halides is 2. The lowest BCUT2D eigenvalue weighted by Gasteiger charge is -2.16. The molecule has 0 saturated carbocycles. The van der Waals surface area contributed by atoms with Crippen LogP contribution in [-0.4, -0.2) is 26.6 Å². The number of halogens is 2. The van der Waals surface area contributed by atoms with Gasteiger partial charge in [0.25, 0.3) is 5.91 Å². The monoisotopic (exact) mass is 334 g/mol. The number of carbonyl (C=O) groups excluding carboxylic acids is 1. The number of carbonyl (C=O) groups is 1. The van der Waals surface area contributed by atoms with Gasteiger partial charge in [0.15, 0.2) is 0 Å². The molecule has 2 aromatic carbocycles. The topological polar surface area (TPSA) is 41.6 Å². The Hall–Kier alpha value is -2.63. The van der Waals surface area contributed by atoms with E-state index in [9.17, 15) is 13.6 Å². The van der Waals surface area contributed by atoms with Gasteiger partial charge in [0.2, 0.25) is 0 Å². The van der Waals surface area contributed by atoms with Gasteiger partial charge in [-0.15, -0.1) is 0 Å². The van der Waals surface area contributed by atoms with Crippen LogP contribution in [0, 0.1) is 6.92 Å². The van der Waals surface area contributed by atoms with E-state index in [1.807, 2.05) is 44.1 Å². The van der Waals surface area contributed by atoms with Crippen molar-refractivity contribution >= 4 is 11.6 Å². The maximum absolute atomic E-state index is 12.1. The van der Waals surface area contributed by atoms with E-state index in [0.29, 0.717) is 12.1 Å². The number of rotatable bonds is 6. The summed E-state index contributed by atoms with van der Waals surface area (Å²) in [6, 6.07) is 11.6. The number of nitrogens with zero attached hydrogens (tertiary/aromatic N) is 1. The fourth-order valence-electron chi connectivity index (χ4n) is 2.40. The van der Waals surface area contributed by atoms with Crippen molar-refractivity contribution in [3.63, 3.8) is 0 Å². The Bertz CT molecular complexity index is 701. The second kappa shape index (κ2) is 7.77. The van der Waals surface area contributed by atoms with Gasteiger partial charge in [-0.3, -0.25) is 4.79 Å². The summed E-state index contributed by atoms with van der Waals surface area (Å²) in [5.41, 5.74) is 3.63. The Labute approximate surface area is 140 Å². The molecule has 0 unspecified atom stereocenters. The first kappa shape index (κ1) is 17.7. The molecule has 0 saturated heterocycles. The van der Waals surface area contributed by atoms with E-state index in [1.165, 1.54) is 24.3 Å².